The van der Waals surface area contributed by atoms with E-state index in [0.29, 0.717) is 24.0 Å². The summed E-state index contributed by atoms with van der Waals surface area (Å²) in [6.45, 7) is 3.93. The van der Waals surface area contributed by atoms with Gasteiger partial charge in [-0.1, -0.05) is 0 Å². The molecule has 22 heavy (non-hydrogen) atoms. The molecule has 6 nitrogen and oxygen atoms in total. The molecule has 6 heteroatoms. The van der Waals surface area contributed by atoms with E-state index in [1.165, 1.54) is 6.07 Å². The number of hydrogen-bond acceptors (Lipinski definition) is 4. The van der Waals surface area contributed by atoms with Crippen molar-refractivity contribution >= 4 is 11.9 Å². The van der Waals surface area contributed by atoms with E-state index in [2.05, 4.69) is 0 Å². The Morgan fingerprint density at radius 3 is 2.68 bits per heavy atom. The fourth-order valence-corrected chi connectivity index (χ4v) is 2.73. The first-order valence-electron chi connectivity index (χ1n) is 7.59. The smallest absolute Gasteiger partial charge is 0.339 e. The fraction of sp³-hybridized carbons (Fsp3) is 0.625. The van der Waals surface area contributed by atoms with Crippen LogP contribution >= 0.6 is 0 Å². The summed E-state index contributed by atoms with van der Waals surface area (Å²) in [4.78, 5) is 24.7. The van der Waals surface area contributed by atoms with Crippen molar-refractivity contribution in [3.8, 4) is 0 Å². The molecule has 1 aromatic heterocycles. The number of carboxylic acid groups (broad SMARTS) is 1. The van der Waals surface area contributed by atoms with E-state index in [1.807, 2.05) is 6.92 Å². The van der Waals surface area contributed by atoms with Gasteiger partial charge in [-0.25, -0.2) is 4.79 Å². The Hall–Kier alpha value is -1.82. The Labute approximate surface area is 130 Å². The highest BCUT2D eigenvalue weighted by Gasteiger charge is 2.23. The second kappa shape index (κ2) is 6.96. The van der Waals surface area contributed by atoms with Crippen molar-refractivity contribution < 1.29 is 23.8 Å². The maximum absolute atomic E-state index is 12.1. The van der Waals surface area contributed by atoms with Crippen LogP contribution in [0.4, 0.5) is 0 Å². The number of carboxylic acids is 1. The fourth-order valence-electron chi connectivity index (χ4n) is 2.73. The Morgan fingerprint density at radius 1 is 1.41 bits per heavy atom. The molecule has 2 rings (SSSR count). The molecule has 122 valence electrons. The molecule has 1 aliphatic rings. The van der Waals surface area contributed by atoms with Gasteiger partial charge in [-0.2, -0.15) is 0 Å². The van der Waals surface area contributed by atoms with Crippen LogP contribution in [0.2, 0.25) is 0 Å². The van der Waals surface area contributed by atoms with E-state index in [4.69, 9.17) is 14.3 Å². The van der Waals surface area contributed by atoms with E-state index >= 15 is 0 Å². The quantitative estimate of drug-likeness (QED) is 0.873. The average Bonchev–Trinajstić information content (AvgIpc) is 3.02. The summed E-state index contributed by atoms with van der Waals surface area (Å²) < 4.78 is 11.1. The van der Waals surface area contributed by atoms with Gasteiger partial charge in [-0.15, -0.1) is 0 Å². The van der Waals surface area contributed by atoms with Crippen LogP contribution in [0.1, 0.15) is 54.5 Å². The number of ether oxygens (including phenoxy) is 1. The van der Waals surface area contributed by atoms with E-state index < -0.39 is 5.97 Å². The van der Waals surface area contributed by atoms with E-state index in [1.54, 1.807) is 18.9 Å². The molecule has 0 radical (unpaired) electrons. The van der Waals surface area contributed by atoms with Crippen molar-refractivity contribution in [2.24, 2.45) is 0 Å². The highest BCUT2D eigenvalue weighted by Crippen LogP contribution is 2.23. The molecule has 1 N–H and O–H groups in total. The highest BCUT2D eigenvalue weighted by atomic mass is 16.5. The third-order valence-electron chi connectivity index (χ3n) is 4.02. The van der Waals surface area contributed by atoms with E-state index in [0.717, 1.165) is 19.3 Å². The lowest BCUT2D eigenvalue weighted by molar-refractivity contribution is -0.131. The van der Waals surface area contributed by atoms with Crippen molar-refractivity contribution in [2.75, 3.05) is 7.05 Å². The average molecular weight is 309 g/mol. The summed E-state index contributed by atoms with van der Waals surface area (Å²) in [6.07, 6.45) is 3.69. The Balaban J connectivity index is 1.83. The molecule has 1 amide bonds. The first kappa shape index (κ1) is 16.5. The lowest BCUT2D eigenvalue weighted by Crippen LogP contribution is -2.26. The molecule has 0 aliphatic carbocycles. The third kappa shape index (κ3) is 4.10. The first-order valence-corrected chi connectivity index (χ1v) is 7.59. The van der Waals surface area contributed by atoms with E-state index in [-0.39, 0.29) is 24.1 Å². The maximum atomic E-state index is 12.1. The Bertz CT molecular complexity index is 551. The molecule has 2 atom stereocenters. The zero-order valence-corrected chi connectivity index (χ0v) is 13.3. The van der Waals surface area contributed by atoms with Gasteiger partial charge in [0, 0.05) is 13.5 Å². The number of hydrogen-bond donors (Lipinski definition) is 1. The predicted molar refractivity (Wildman–Crippen MR) is 79.7 cm³/mol. The Kier molecular flexibility index (Phi) is 5.24. The van der Waals surface area contributed by atoms with Gasteiger partial charge in [-0.3, -0.25) is 4.79 Å². The maximum Gasteiger partial charge on any atom is 0.339 e. The molecule has 0 spiro atoms. The third-order valence-corrected chi connectivity index (χ3v) is 4.02. The van der Waals surface area contributed by atoms with Gasteiger partial charge in [0.15, 0.2) is 0 Å². The lowest BCUT2D eigenvalue weighted by Gasteiger charge is -2.17. The van der Waals surface area contributed by atoms with Crippen LogP contribution in [0.25, 0.3) is 0 Å². The van der Waals surface area contributed by atoms with Crippen LogP contribution in [0, 0.1) is 6.92 Å². The van der Waals surface area contributed by atoms with Crippen molar-refractivity contribution in [1.82, 2.24) is 4.90 Å². The van der Waals surface area contributed by atoms with Gasteiger partial charge < -0.3 is 19.2 Å². The summed E-state index contributed by atoms with van der Waals surface area (Å²) in [5, 5.41) is 8.99. The number of nitrogens with zero attached hydrogens (tertiary/aromatic N) is 1. The van der Waals surface area contributed by atoms with E-state index in [9.17, 15) is 9.59 Å². The summed E-state index contributed by atoms with van der Waals surface area (Å²) >= 11 is 0. The van der Waals surface area contributed by atoms with Gasteiger partial charge in [0.05, 0.1) is 18.8 Å². The molecule has 2 unspecified atom stereocenters. The minimum Gasteiger partial charge on any atom is -0.478 e. The topological polar surface area (TPSA) is 80.0 Å². The minimum atomic E-state index is -1.02. The number of aryl methyl sites for hydroxylation is 1. The first-order chi connectivity index (χ1) is 10.4. The second-order valence-corrected chi connectivity index (χ2v) is 5.92. The summed E-state index contributed by atoms with van der Waals surface area (Å²) in [5.74, 6) is -0.170. The second-order valence-electron chi connectivity index (χ2n) is 5.92. The number of furan rings is 1. The zero-order valence-electron chi connectivity index (χ0n) is 13.3. The monoisotopic (exact) mass is 309 g/mol. The van der Waals surface area contributed by atoms with Crippen molar-refractivity contribution in [1.29, 1.82) is 0 Å². The van der Waals surface area contributed by atoms with Crippen molar-refractivity contribution in [3.05, 3.63) is 23.2 Å². The summed E-state index contributed by atoms with van der Waals surface area (Å²) in [6, 6.07) is 1.48. The molecule has 2 heterocycles. The molecule has 0 bridgehead atoms. The van der Waals surface area contributed by atoms with Crippen LogP contribution in [0.15, 0.2) is 10.5 Å². The largest absolute Gasteiger partial charge is 0.478 e. The molecule has 0 saturated carbocycles. The Morgan fingerprint density at radius 2 is 2.14 bits per heavy atom. The summed E-state index contributed by atoms with van der Waals surface area (Å²) in [7, 11) is 1.69. The van der Waals surface area contributed by atoms with Gasteiger partial charge in [0.2, 0.25) is 5.91 Å². The van der Waals surface area contributed by atoms with Crippen molar-refractivity contribution in [3.63, 3.8) is 0 Å². The number of carbonyl (C=O) groups is 2. The lowest BCUT2D eigenvalue weighted by atomic mass is 10.1. The van der Waals surface area contributed by atoms with Gasteiger partial charge in [-0.05, 0) is 39.2 Å². The number of aromatic carboxylic acids is 1. The SMILES string of the molecule is Cc1oc(CN(C)C(=O)CCC2CCC(C)O2)cc1C(=O)O. The molecule has 1 aliphatic heterocycles. The molecular weight excluding hydrogens is 286 g/mol. The summed E-state index contributed by atoms with van der Waals surface area (Å²) in [5.41, 5.74) is 0.143. The molecule has 1 fully saturated rings. The van der Waals surface area contributed by atoms with Gasteiger partial charge in [0.25, 0.3) is 0 Å². The van der Waals surface area contributed by atoms with Crippen LogP contribution in [0.5, 0.6) is 0 Å². The number of rotatable bonds is 6. The molecular formula is C16H23NO5. The number of amides is 1. The van der Waals surface area contributed by atoms with Gasteiger partial charge >= 0.3 is 5.97 Å². The van der Waals surface area contributed by atoms with Crippen LogP contribution in [-0.2, 0) is 16.1 Å². The molecule has 0 aromatic carbocycles. The van der Waals surface area contributed by atoms with Crippen LogP contribution in [0.3, 0.4) is 0 Å². The van der Waals surface area contributed by atoms with Crippen LogP contribution < -0.4 is 0 Å². The van der Waals surface area contributed by atoms with Crippen molar-refractivity contribution in [2.45, 2.75) is 58.3 Å². The predicted octanol–water partition coefficient (Wildman–Crippen LogP) is 2.59. The van der Waals surface area contributed by atoms with Gasteiger partial charge in [0.1, 0.15) is 17.1 Å². The highest BCUT2D eigenvalue weighted by molar-refractivity contribution is 5.88. The zero-order chi connectivity index (χ0) is 16.3. The standard InChI is InChI=1S/C16H23NO5/c1-10-4-5-12(21-10)6-7-15(18)17(3)9-13-8-14(16(19)20)11(2)22-13/h8,10,12H,4-7,9H2,1-3H3,(H,19,20). The number of carbonyl (C=O) groups excluding carboxylic acids is 1. The molecule has 1 saturated heterocycles. The normalized spacial score (nSPS) is 21.0. The minimum absolute atomic E-state index is 0.00841. The molecule has 1 aromatic rings. The van der Waals surface area contributed by atoms with Crippen LogP contribution in [-0.4, -0.2) is 41.1 Å².